The number of pyridine rings is 1. The van der Waals surface area contributed by atoms with E-state index in [-0.39, 0.29) is 11.3 Å². The van der Waals surface area contributed by atoms with Gasteiger partial charge in [-0.1, -0.05) is 29.8 Å². The van der Waals surface area contributed by atoms with E-state index in [9.17, 15) is 27.9 Å². The van der Waals surface area contributed by atoms with Gasteiger partial charge in [0.1, 0.15) is 5.69 Å². The fraction of sp³-hybridized carbons (Fsp3) is 0.167. The second-order valence-electron chi connectivity index (χ2n) is 5.95. The van der Waals surface area contributed by atoms with Gasteiger partial charge in [0, 0.05) is 13.2 Å². The molecule has 0 saturated heterocycles. The van der Waals surface area contributed by atoms with Gasteiger partial charge in [-0.25, -0.2) is 4.68 Å². The first-order chi connectivity index (χ1) is 12.6. The fourth-order valence-electron chi connectivity index (χ4n) is 2.65. The van der Waals surface area contributed by atoms with Crippen molar-refractivity contribution in [2.75, 3.05) is 0 Å². The van der Waals surface area contributed by atoms with Crippen LogP contribution >= 0.6 is 0 Å². The summed E-state index contributed by atoms with van der Waals surface area (Å²) in [7, 11) is 1.29. The Morgan fingerprint density at radius 2 is 1.67 bits per heavy atom. The van der Waals surface area contributed by atoms with Crippen LogP contribution in [0.15, 0.2) is 52.3 Å². The Balaban J connectivity index is 2.36. The summed E-state index contributed by atoms with van der Waals surface area (Å²) >= 11 is 0. The summed E-state index contributed by atoms with van der Waals surface area (Å²) in [6.07, 6.45) is -2.87. The van der Waals surface area contributed by atoms with Crippen LogP contribution in [-0.4, -0.2) is 19.5 Å². The minimum Gasteiger partial charge on any atom is -0.501 e. The van der Waals surface area contributed by atoms with Crippen LogP contribution in [0.1, 0.15) is 11.1 Å². The molecule has 1 N–H and O–H groups in total. The van der Waals surface area contributed by atoms with Gasteiger partial charge in [0.05, 0.1) is 17.3 Å². The van der Waals surface area contributed by atoms with Gasteiger partial charge >= 0.3 is 11.7 Å². The van der Waals surface area contributed by atoms with Crippen LogP contribution in [0.25, 0.3) is 16.8 Å². The highest BCUT2D eigenvalue weighted by molar-refractivity contribution is 5.68. The molecule has 1 aromatic carbocycles. The lowest BCUT2D eigenvalue weighted by atomic mass is 10.00. The summed E-state index contributed by atoms with van der Waals surface area (Å²) in [5, 5.41) is 13.7. The molecule has 6 nitrogen and oxygen atoms in total. The summed E-state index contributed by atoms with van der Waals surface area (Å²) in [4.78, 5) is 24.7. The first kappa shape index (κ1) is 18.4. The third-order valence-electron chi connectivity index (χ3n) is 4.09. The zero-order valence-corrected chi connectivity index (χ0v) is 14.3. The molecule has 0 aliphatic rings. The van der Waals surface area contributed by atoms with Crippen molar-refractivity contribution in [1.29, 1.82) is 0 Å². The SMILES string of the molecule is Cc1ccc(-c2c(C(F)(F)F)ccn(-c3cnn(C)c(=O)c3O)c2=O)cc1. The number of rotatable bonds is 2. The van der Waals surface area contributed by atoms with Crippen molar-refractivity contribution in [3.63, 3.8) is 0 Å². The van der Waals surface area contributed by atoms with Gasteiger partial charge in [0.25, 0.3) is 5.56 Å². The Kier molecular flexibility index (Phi) is 4.38. The first-order valence-corrected chi connectivity index (χ1v) is 7.77. The largest absolute Gasteiger partial charge is 0.501 e. The standard InChI is InChI=1S/C18H14F3N3O3/c1-10-3-5-11(6-4-10)14-12(18(19,20)21)7-8-24(16(14)26)13-9-22-23(2)17(27)15(13)25/h3-9,25H,1-2H3. The molecule has 2 aromatic heterocycles. The Hall–Kier alpha value is -3.36. The molecule has 0 aliphatic heterocycles. The van der Waals surface area contributed by atoms with Crippen LogP contribution in [0.3, 0.4) is 0 Å². The van der Waals surface area contributed by atoms with Crippen molar-refractivity contribution >= 4 is 0 Å². The molecule has 0 bridgehead atoms. The molecule has 0 spiro atoms. The van der Waals surface area contributed by atoms with Crippen LogP contribution in [0.4, 0.5) is 13.2 Å². The molecule has 0 saturated carbocycles. The van der Waals surface area contributed by atoms with Crippen LogP contribution in [-0.2, 0) is 13.2 Å². The topological polar surface area (TPSA) is 77.1 Å². The number of halogens is 3. The highest BCUT2D eigenvalue weighted by Gasteiger charge is 2.35. The maximum Gasteiger partial charge on any atom is 0.417 e. The molecule has 0 unspecified atom stereocenters. The van der Waals surface area contributed by atoms with Crippen LogP contribution in [0.2, 0.25) is 0 Å². The van der Waals surface area contributed by atoms with Crippen LogP contribution in [0, 0.1) is 6.92 Å². The second kappa shape index (κ2) is 6.42. The maximum absolute atomic E-state index is 13.5. The number of benzene rings is 1. The van der Waals surface area contributed by atoms with E-state index < -0.39 is 34.2 Å². The van der Waals surface area contributed by atoms with Crippen molar-refractivity contribution in [2.45, 2.75) is 13.1 Å². The Morgan fingerprint density at radius 3 is 2.26 bits per heavy atom. The zero-order chi connectivity index (χ0) is 19.9. The molecule has 0 atom stereocenters. The number of aromatic nitrogens is 3. The minimum absolute atomic E-state index is 0.0727. The van der Waals surface area contributed by atoms with E-state index in [1.807, 2.05) is 0 Å². The van der Waals surface area contributed by atoms with E-state index >= 15 is 0 Å². The predicted molar refractivity (Wildman–Crippen MR) is 91.9 cm³/mol. The Bertz CT molecular complexity index is 1130. The quantitative estimate of drug-likeness (QED) is 0.745. The number of nitrogens with zero attached hydrogens (tertiary/aromatic N) is 3. The van der Waals surface area contributed by atoms with E-state index in [0.717, 1.165) is 33.3 Å². The normalized spacial score (nSPS) is 11.6. The molecule has 3 rings (SSSR count). The van der Waals surface area contributed by atoms with Gasteiger partial charge in [-0.2, -0.15) is 18.3 Å². The molecule has 2 heterocycles. The molecule has 0 fully saturated rings. The van der Waals surface area contributed by atoms with Crippen LogP contribution < -0.4 is 11.1 Å². The Labute approximate surface area is 150 Å². The van der Waals surface area contributed by atoms with E-state index in [2.05, 4.69) is 5.10 Å². The molecule has 27 heavy (non-hydrogen) atoms. The smallest absolute Gasteiger partial charge is 0.417 e. The molecule has 0 radical (unpaired) electrons. The number of hydrogen-bond acceptors (Lipinski definition) is 4. The number of alkyl halides is 3. The lowest BCUT2D eigenvalue weighted by molar-refractivity contribution is -0.137. The summed E-state index contributed by atoms with van der Waals surface area (Å²) in [5.41, 5.74) is -3.00. The highest BCUT2D eigenvalue weighted by Crippen LogP contribution is 2.35. The third-order valence-corrected chi connectivity index (χ3v) is 4.09. The van der Waals surface area contributed by atoms with Crippen molar-refractivity contribution in [2.24, 2.45) is 7.05 Å². The van der Waals surface area contributed by atoms with E-state index in [1.54, 1.807) is 19.1 Å². The first-order valence-electron chi connectivity index (χ1n) is 7.77. The summed E-state index contributed by atoms with van der Waals surface area (Å²) < 4.78 is 42.0. The molecular weight excluding hydrogens is 363 g/mol. The zero-order valence-electron chi connectivity index (χ0n) is 14.3. The number of aryl methyl sites for hydroxylation is 2. The number of hydrogen-bond donors (Lipinski definition) is 1. The van der Waals surface area contributed by atoms with Gasteiger partial charge in [-0.05, 0) is 18.6 Å². The molecule has 0 aliphatic carbocycles. The average molecular weight is 377 g/mol. The van der Waals surface area contributed by atoms with E-state index in [4.69, 9.17) is 0 Å². The van der Waals surface area contributed by atoms with Gasteiger partial charge in [0.2, 0.25) is 5.75 Å². The van der Waals surface area contributed by atoms with Crippen molar-refractivity contribution < 1.29 is 18.3 Å². The van der Waals surface area contributed by atoms with Gasteiger partial charge in [0.15, 0.2) is 0 Å². The van der Waals surface area contributed by atoms with Crippen molar-refractivity contribution in [3.8, 4) is 22.6 Å². The van der Waals surface area contributed by atoms with Crippen molar-refractivity contribution in [3.05, 3.63) is 74.6 Å². The van der Waals surface area contributed by atoms with Crippen molar-refractivity contribution in [1.82, 2.24) is 14.3 Å². The monoisotopic (exact) mass is 377 g/mol. The van der Waals surface area contributed by atoms with Gasteiger partial charge < -0.3 is 5.11 Å². The van der Waals surface area contributed by atoms with Gasteiger partial charge in [-0.3, -0.25) is 14.2 Å². The van der Waals surface area contributed by atoms with E-state index in [0.29, 0.717) is 0 Å². The molecule has 3 aromatic rings. The average Bonchev–Trinajstić information content (AvgIpc) is 2.60. The summed E-state index contributed by atoms with van der Waals surface area (Å²) in [5.74, 6) is -0.788. The molecule has 9 heteroatoms. The second-order valence-corrected chi connectivity index (χ2v) is 5.95. The molecular formula is C18H14F3N3O3. The minimum atomic E-state index is -4.76. The molecule has 0 amide bonds. The molecule has 140 valence electrons. The van der Waals surface area contributed by atoms with E-state index in [1.165, 1.54) is 19.2 Å². The highest BCUT2D eigenvalue weighted by atomic mass is 19.4. The van der Waals surface area contributed by atoms with Crippen LogP contribution in [0.5, 0.6) is 5.75 Å². The van der Waals surface area contributed by atoms with Gasteiger partial charge in [-0.15, -0.1) is 0 Å². The maximum atomic E-state index is 13.5. The lowest BCUT2D eigenvalue weighted by Gasteiger charge is -2.16. The number of aromatic hydroxyl groups is 1. The summed E-state index contributed by atoms with van der Waals surface area (Å²) in [6, 6.07) is 6.72. The predicted octanol–water partition coefficient (Wildman–Crippen LogP) is 2.63. The lowest BCUT2D eigenvalue weighted by Crippen LogP contribution is -2.27. The third kappa shape index (κ3) is 3.23. The fourth-order valence-corrected chi connectivity index (χ4v) is 2.65. The summed E-state index contributed by atoms with van der Waals surface area (Å²) in [6.45, 7) is 1.77. The Morgan fingerprint density at radius 1 is 1.04 bits per heavy atom.